The molecular weight excluding hydrogens is 1530 g/mol. The Balaban J connectivity index is 0.000000151. The lowest BCUT2D eigenvalue weighted by Crippen LogP contribution is -2.27. The first-order valence-corrected chi connectivity index (χ1v) is 44.4. The van der Waals surface area contributed by atoms with E-state index in [1.165, 1.54) is 99.3 Å². The minimum Gasteiger partial charge on any atom is -0.384 e. The summed E-state index contributed by atoms with van der Waals surface area (Å²) in [6.07, 6.45) is 7.81. The average molecular weight is 1670 g/mol. The van der Waals surface area contributed by atoms with Crippen LogP contribution >= 0.6 is 0 Å². The summed E-state index contributed by atoms with van der Waals surface area (Å²) in [6, 6.07) is 65.6. The summed E-state index contributed by atoms with van der Waals surface area (Å²) in [4.78, 5) is 31.2. The van der Waals surface area contributed by atoms with Crippen LogP contribution in [-0.4, -0.2) is 53.0 Å². The van der Waals surface area contributed by atoms with Gasteiger partial charge in [-0.05, 0) is 286 Å². The molecule has 14 nitrogen and oxygen atoms in total. The third kappa shape index (κ3) is 25.3. The molecule has 2 aliphatic carbocycles. The zero-order valence-corrected chi connectivity index (χ0v) is 79.2. The van der Waals surface area contributed by atoms with Crippen molar-refractivity contribution in [3.05, 3.63) is 250 Å². The summed E-state index contributed by atoms with van der Waals surface area (Å²) in [6.45, 7) is 58.4. The maximum Gasteiger partial charge on any atom is 0.153 e. The maximum atomic E-state index is 14.2. The van der Waals surface area contributed by atoms with E-state index in [-0.39, 0.29) is 49.5 Å². The number of benzene rings is 7. The Morgan fingerprint density at radius 3 is 1.06 bits per heavy atom. The molecule has 7 aromatic carbocycles. The molecule has 16 heteroatoms. The number of hydrogen-bond acceptors (Lipinski definition) is 14. The van der Waals surface area contributed by atoms with Crippen LogP contribution in [0.1, 0.15) is 287 Å². The van der Waals surface area contributed by atoms with Gasteiger partial charge < -0.3 is 38.9 Å². The molecule has 0 bridgehead atoms. The Morgan fingerprint density at radius 2 is 0.629 bits per heavy atom. The van der Waals surface area contributed by atoms with Crippen LogP contribution < -0.4 is 38.9 Å². The molecule has 0 atom stereocenters. The monoisotopic (exact) mass is 1670 g/mol. The van der Waals surface area contributed by atoms with Gasteiger partial charge in [0.15, 0.2) is 5.82 Å². The predicted molar refractivity (Wildman–Crippen MR) is 530 cm³/mol. The molecule has 14 aromatic rings. The number of nitrogens with two attached hydrogens (primary N) is 4. The smallest absolute Gasteiger partial charge is 0.153 e. The number of halogens is 2. The van der Waals surface area contributed by atoms with Crippen LogP contribution in [0.2, 0.25) is 0 Å². The quantitative estimate of drug-likeness (QED) is 0.0751. The van der Waals surface area contributed by atoms with E-state index in [2.05, 4.69) is 347 Å². The molecule has 2 aliphatic rings. The van der Waals surface area contributed by atoms with Gasteiger partial charge >= 0.3 is 0 Å². The van der Waals surface area contributed by atoms with Crippen LogP contribution in [0, 0.1) is 11.6 Å². The highest BCUT2D eigenvalue weighted by molar-refractivity contribution is 5.87. The van der Waals surface area contributed by atoms with Crippen LogP contribution in [0.5, 0.6) is 0 Å². The molecule has 656 valence electrons. The van der Waals surface area contributed by atoms with Crippen molar-refractivity contribution in [2.45, 2.75) is 293 Å². The van der Waals surface area contributed by atoms with Gasteiger partial charge in [0.05, 0.1) is 27.6 Å². The van der Waals surface area contributed by atoms with Crippen molar-refractivity contribution in [1.82, 2.24) is 34.9 Å². The molecule has 124 heavy (non-hydrogen) atoms. The fraction of sp³-hybridized carbons (Fsp3) is 0.417. The molecule has 7 heterocycles. The zero-order chi connectivity index (χ0) is 91.1. The number of pyridine rings is 7. The van der Waals surface area contributed by atoms with Gasteiger partial charge in [0.2, 0.25) is 0 Å². The standard InChI is InChI=1S/2C17H22N2.3C16H22N2.2C13H15FN2/c1-17(2,3)13-8-9-15-12(11-13)7-10-16(19-15)18-14-5-4-6-14;1-17(2,3)13-9-7-12-8-10-16(19-15(12)11-13)18-14-5-4-6-14;1-11(2)17-15-9-6-12-10-13(16(3,4)5)7-8-14(12)18-15;1-10(2)13-9-11-8-12(16(3,4)5)6-7-14(11)18-15(13)17;1-10(2)13-8-11-6-7-12(16(3,4)5)9-14(11)18-15(13)17;1-13(2,3)9-6-4-8-5-7-10(15)16-12(8)11(9)14;1-13(2,3)9-6-8-4-5-11(15)16-12(8)10(14)7-9/h2*7-11,14H,4-6H2,1-3H3,(H,18,19);6-11H,1-5H3,(H,17,18);2*6-10H,1-5H3,(H2,17,18);2*4-7H,1-3H3,(H2,15,16). The van der Waals surface area contributed by atoms with Crippen LogP contribution in [0.3, 0.4) is 0 Å². The van der Waals surface area contributed by atoms with E-state index in [9.17, 15) is 8.78 Å². The SMILES string of the molecule is CC(C)(C)c1cc(F)c2nc(N)ccc2c1.CC(C)(C)c1ccc2ccc(N)nc2c1F.CC(C)(C)c1ccc2ccc(NC3CCC3)nc2c1.CC(C)(C)c1ccc2nc(NC3CCC3)ccc2c1.CC(C)Nc1ccc2cc(C(C)(C)C)ccc2n1.CC(C)c1cc2cc(C(C)(C)C)ccc2nc1N.CC(C)c1cc2ccc(C(C)(C)C)cc2nc1N. The van der Waals surface area contributed by atoms with Crippen molar-refractivity contribution in [2.24, 2.45) is 0 Å². The van der Waals surface area contributed by atoms with Crippen molar-refractivity contribution in [2.75, 3.05) is 38.9 Å². The first-order valence-electron chi connectivity index (χ1n) is 44.4. The number of nitrogens with one attached hydrogen (secondary N) is 3. The third-order valence-electron chi connectivity index (χ3n) is 23.0. The largest absolute Gasteiger partial charge is 0.384 e. The molecule has 0 saturated heterocycles. The van der Waals surface area contributed by atoms with Crippen LogP contribution in [0.25, 0.3) is 76.3 Å². The number of hydrogen-bond donors (Lipinski definition) is 7. The number of fused-ring (bicyclic) bond motifs is 7. The molecule has 2 fully saturated rings. The highest BCUT2D eigenvalue weighted by Crippen LogP contribution is 2.37. The second kappa shape index (κ2) is 38.5. The lowest BCUT2D eigenvalue weighted by Gasteiger charge is -2.27. The summed E-state index contributed by atoms with van der Waals surface area (Å²) in [7, 11) is 0. The van der Waals surface area contributed by atoms with Crippen molar-refractivity contribution < 1.29 is 8.78 Å². The summed E-state index contributed by atoms with van der Waals surface area (Å²) in [5, 5.41) is 17.9. The van der Waals surface area contributed by atoms with Gasteiger partial charge in [0.25, 0.3) is 0 Å². The van der Waals surface area contributed by atoms with Crippen LogP contribution in [0.4, 0.5) is 49.5 Å². The molecule has 0 amide bonds. The zero-order valence-electron chi connectivity index (χ0n) is 79.2. The Kier molecular flexibility index (Phi) is 29.6. The minimum absolute atomic E-state index is 0.0730. The molecule has 0 aliphatic heterocycles. The normalized spacial score (nSPS) is 13.5. The number of nitrogen functional groups attached to an aromatic ring is 4. The molecule has 7 aromatic heterocycles. The molecule has 16 rings (SSSR count). The van der Waals surface area contributed by atoms with E-state index >= 15 is 0 Å². The fourth-order valence-electron chi connectivity index (χ4n) is 14.5. The van der Waals surface area contributed by atoms with Gasteiger partial charge in [0, 0.05) is 55.8 Å². The Morgan fingerprint density at radius 1 is 0.298 bits per heavy atom. The highest BCUT2D eigenvalue weighted by atomic mass is 19.1. The number of aromatic nitrogens is 7. The Labute approximate surface area is 738 Å². The number of nitrogens with zero attached hydrogens (tertiary/aromatic N) is 7. The van der Waals surface area contributed by atoms with E-state index < -0.39 is 0 Å². The van der Waals surface area contributed by atoms with E-state index in [0.717, 1.165) is 72.5 Å². The summed E-state index contributed by atoms with van der Waals surface area (Å²) in [5.41, 5.74) is 40.1. The van der Waals surface area contributed by atoms with Crippen molar-refractivity contribution in [3.8, 4) is 0 Å². The number of anilines is 7. The predicted octanol–water partition coefficient (Wildman–Crippen LogP) is 28.3. The van der Waals surface area contributed by atoms with Gasteiger partial charge in [0.1, 0.15) is 57.6 Å². The van der Waals surface area contributed by atoms with Gasteiger partial charge in [-0.3, -0.25) is 0 Å². The van der Waals surface area contributed by atoms with E-state index in [1.807, 2.05) is 39.0 Å². The second-order valence-corrected chi connectivity index (χ2v) is 42.0. The average Bonchev–Trinajstić information content (AvgIpc) is 0.820. The second-order valence-electron chi connectivity index (χ2n) is 42.0. The Hall–Kier alpha value is -11.1. The fourth-order valence-corrected chi connectivity index (χ4v) is 14.5. The number of rotatable bonds is 8. The van der Waals surface area contributed by atoms with Crippen LogP contribution in [-0.2, 0) is 37.9 Å². The van der Waals surface area contributed by atoms with E-state index in [1.54, 1.807) is 24.3 Å². The van der Waals surface area contributed by atoms with Gasteiger partial charge in [-0.15, -0.1) is 0 Å². The first-order chi connectivity index (χ1) is 57.7. The first kappa shape index (κ1) is 95.1. The summed E-state index contributed by atoms with van der Waals surface area (Å²) in [5.74, 6) is 5.21. The van der Waals surface area contributed by atoms with Crippen molar-refractivity contribution in [3.63, 3.8) is 0 Å². The Bertz CT molecular complexity index is 6050. The molecule has 0 spiro atoms. The summed E-state index contributed by atoms with van der Waals surface area (Å²) >= 11 is 0. The minimum atomic E-state index is -0.310. The molecular formula is C108H140F2N14. The third-order valence-corrected chi connectivity index (χ3v) is 23.0. The highest BCUT2D eigenvalue weighted by Gasteiger charge is 2.25. The van der Waals surface area contributed by atoms with Gasteiger partial charge in [-0.1, -0.05) is 228 Å². The topological polar surface area (TPSA) is 230 Å². The van der Waals surface area contributed by atoms with Gasteiger partial charge in [-0.2, -0.15) is 0 Å². The lowest BCUT2D eigenvalue weighted by molar-refractivity contribution is 0.444. The lowest BCUT2D eigenvalue weighted by atomic mass is 9.86. The van der Waals surface area contributed by atoms with Crippen molar-refractivity contribution >= 4 is 117 Å². The van der Waals surface area contributed by atoms with Crippen LogP contribution in [0.15, 0.2) is 188 Å². The molecule has 0 unspecified atom stereocenters. The maximum absolute atomic E-state index is 14.2. The molecule has 0 radical (unpaired) electrons. The van der Waals surface area contributed by atoms with E-state index in [4.69, 9.17) is 32.9 Å². The summed E-state index contributed by atoms with van der Waals surface area (Å²) < 4.78 is 28.1. The molecule has 11 N–H and O–H groups in total. The van der Waals surface area contributed by atoms with Crippen molar-refractivity contribution in [1.29, 1.82) is 0 Å². The van der Waals surface area contributed by atoms with E-state index in [0.29, 0.717) is 69.8 Å². The molecule has 2 saturated carbocycles. The van der Waals surface area contributed by atoms with Gasteiger partial charge in [-0.25, -0.2) is 43.7 Å².